The first-order valence-corrected chi connectivity index (χ1v) is 8.41. The van der Waals surface area contributed by atoms with E-state index in [-0.39, 0.29) is 23.2 Å². The average molecular weight is 348 g/mol. The molecule has 0 unspecified atom stereocenters. The molecular formula is C15H16N4O4S. The molecule has 0 N–H and O–H groups in total. The summed E-state index contributed by atoms with van der Waals surface area (Å²) in [6.45, 7) is 2.10. The van der Waals surface area contributed by atoms with Gasteiger partial charge in [-0.25, -0.2) is 4.98 Å². The van der Waals surface area contributed by atoms with Gasteiger partial charge in [0.25, 0.3) is 11.9 Å². The van der Waals surface area contributed by atoms with Crippen molar-refractivity contribution in [2.24, 2.45) is 11.3 Å². The predicted octanol–water partition coefficient (Wildman–Crippen LogP) is 0.883. The van der Waals surface area contributed by atoms with E-state index < -0.39 is 0 Å². The van der Waals surface area contributed by atoms with Crippen molar-refractivity contribution in [1.82, 2.24) is 14.9 Å². The molecule has 8 nitrogen and oxygen atoms in total. The molecule has 2 aliphatic heterocycles. The molecule has 2 aromatic heterocycles. The fourth-order valence-corrected chi connectivity index (χ4v) is 4.20. The van der Waals surface area contributed by atoms with Gasteiger partial charge in [-0.05, 0) is 0 Å². The van der Waals surface area contributed by atoms with E-state index in [1.165, 1.54) is 24.7 Å². The predicted molar refractivity (Wildman–Crippen MR) is 84.7 cm³/mol. The lowest BCUT2D eigenvalue weighted by molar-refractivity contribution is -0.149. The third-order valence-corrected chi connectivity index (χ3v) is 5.53. The van der Waals surface area contributed by atoms with E-state index in [1.807, 2.05) is 4.90 Å². The van der Waals surface area contributed by atoms with Gasteiger partial charge in [0.15, 0.2) is 0 Å². The first-order valence-electron chi connectivity index (χ1n) is 7.53. The minimum Gasteiger partial charge on any atom is -0.469 e. The van der Waals surface area contributed by atoms with Crippen molar-refractivity contribution in [2.75, 3.05) is 38.2 Å². The summed E-state index contributed by atoms with van der Waals surface area (Å²) in [6.07, 6.45) is 4.67. The van der Waals surface area contributed by atoms with Crippen LogP contribution in [0.25, 0.3) is 0 Å². The van der Waals surface area contributed by atoms with E-state index >= 15 is 0 Å². The SMILES string of the molecule is COC(=O)[C@@H]1CN(C(=O)c2cncs2)CC12CN(c1ncco1)C2. The van der Waals surface area contributed by atoms with Crippen molar-refractivity contribution in [3.05, 3.63) is 29.0 Å². The van der Waals surface area contributed by atoms with E-state index in [1.54, 1.807) is 22.8 Å². The number of thiazole rings is 1. The van der Waals surface area contributed by atoms with Crippen molar-refractivity contribution in [2.45, 2.75) is 0 Å². The Morgan fingerprint density at radius 3 is 2.88 bits per heavy atom. The van der Waals surface area contributed by atoms with Crippen LogP contribution in [0.3, 0.4) is 0 Å². The summed E-state index contributed by atoms with van der Waals surface area (Å²) in [5.74, 6) is -0.704. The Kier molecular flexibility index (Phi) is 3.52. The Hall–Kier alpha value is -2.42. The maximum atomic E-state index is 12.6. The van der Waals surface area contributed by atoms with Crippen LogP contribution in [0, 0.1) is 11.3 Å². The standard InChI is InChI=1S/C15H16N4O4S/c1-22-13(21)10-5-18(12(20)11-4-16-9-24-11)6-15(10)7-19(8-15)14-17-2-3-23-14/h2-4,9-10H,5-8H2,1H3/t10-/m0/s1. The van der Waals surface area contributed by atoms with Crippen LogP contribution in [0.5, 0.6) is 0 Å². The van der Waals surface area contributed by atoms with E-state index in [0.29, 0.717) is 37.1 Å². The molecule has 1 amide bonds. The van der Waals surface area contributed by atoms with Crippen LogP contribution >= 0.6 is 11.3 Å². The molecular weight excluding hydrogens is 332 g/mol. The number of hydrogen-bond donors (Lipinski definition) is 0. The lowest BCUT2D eigenvalue weighted by Gasteiger charge is -2.49. The van der Waals surface area contributed by atoms with Crippen LogP contribution in [0.15, 0.2) is 28.6 Å². The number of likely N-dealkylation sites (tertiary alicyclic amines) is 1. The molecule has 0 saturated carbocycles. The fraction of sp³-hybridized carbons (Fsp3) is 0.467. The van der Waals surface area contributed by atoms with Gasteiger partial charge < -0.3 is 19.0 Å². The number of methoxy groups -OCH3 is 1. The Morgan fingerprint density at radius 2 is 2.25 bits per heavy atom. The number of aromatic nitrogens is 2. The average Bonchev–Trinajstić information content (AvgIpc) is 3.31. The minimum absolute atomic E-state index is 0.0853. The van der Waals surface area contributed by atoms with Crippen LogP contribution in [0.2, 0.25) is 0 Å². The van der Waals surface area contributed by atoms with Gasteiger partial charge in [0.2, 0.25) is 0 Å². The van der Waals surface area contributed by atoms with Crippen LogP contribution in [-0.2, 0) is 9.53 Å². The molecule has 2 fully saturated rings. The second-order valence-electron chi connectivity index (χ2n) is 6.16. The summed E-state index contributed by atoms with van der Waals surface area (Å²) in [4.78, 5) is 37.2. The van der Waals surface area contributed by atoms with Crippen molar-refractivity contribution >= 4 is 29.2 Å². The van der Waals surface area contributed by atoms with Gasteiger partial charge >= 0.3 is 5.97 Å². The molecule has 9 heteroatoms. The fourth-order valence-electron chi connectivity index (χ4n) is 3.61. The number of amides is 1. The van der Waals surface area contributed by atoms with Gasteiger partial charge in [0.1, 0.15) is 11.1 Å². The number of anilines is 1. The summed E-state index contributed by atoms with van der Waals surface area (Å²) >= 11 is 1.30. The summed E-state index contributed by atoms with van der Waals surface area (Å²) in [5, 5.41) is 0. The highest BCUT2D eigenvalue weighted by atomic mass is 32.1. The number of esters is 1. The van der Waals surface area contributed by atoms with Gasteiger partial charge in [0, 0.05) is 31.6 Å². The molecule has 4 heterocycles. The van der Waals surface area contributed by atoms with Crippen molar-refractivity contribution in [3.63, 3.8) is 0 Å². The highest BCUT2D eigenvalue weighted by molar-refractivity contribution is 7.11. The summed E-state index contributed by atoms with van der Waals surface area (Å²) in [5.41, 5.74) is 1.31. The second kappa shape index (κ2) is 5.59. The maximum absolute atomic E-state index is 12.6. The molecule has 1 spiro atoms. The Balaban J connectivity index is 1.54. The first kappa shape index (κ1) is 15.1. The summed E-state index contributed by atoms with van der Waals surface area (Å²) < 4.78 is 10.3. The van der Waals surface area contributed by atoms with Gasteiger partial charge in [-0.1, -0.05) is 0 Å². The normalized spacial score (nSPS) is 21.8. The quantitative estimate of drug-likeness (QED) is 0.761. The summed E-state index contributed by atoms with van der Waals surface area (Å²) in [7, 11) is 1.38. The van der Waals surface area contributed by atoms with Crippen molar-refractivity contribution in [1.29, 1.82) is 0 Å². The van der Waals surface area contributed by atoms with Crippen LogP contribution in [0.1, 0.15) is 9.67 Å². The molecule has 126 valence electrons. The monoisotopic (exact) mass is 348 g/mol. The van der Waals surface area contributed by atoms with Gasteiger partial charge in [0.05, 0.1) is 30.9 Å². The summed E-state index contributed by atoms with van der Waals surface area (Å²) in [6, 6.07) is 0.538. The van der Waals surface area contributed by atoms with Crippen LogP contribution in [-0.4, -0.2) is 60.0 Å². The zero-order valence-electron chi connectivity index (χ0n) is 13.0. The number of oxazole rings is 1. The molecule has 2 aromatic rings. The second-order valence-corrected chi connectivity index (χ2v) is 7.05. The maximum Gasteiger partial charge on any atom is 0.311 e. The number of rotatable bonds is 3. The minimum atomic E-state index is -0.342. The molecule has 2 aliphatic rings. The van der Waals surface area contributed by atoms with Gasteiger partial charge in [-0.3, -0.25) is 14.6 Å². The van der Waals surface area contributed by atoms with Crippen LogP contribution in [0.4, 0.5) is 6.01 Å². The molecule has 24 heavy (non-hydrogen) atoms. The zero-order valence-corrected chi connectivity index (χ0v) is 13.9. The number of ether oxygens (including phenoxy) is 1. The highest BCUT2D eigenvalue weighted by Crippen LogP contribution is 2.46. The Bertz CT molecular complexity index is 740. The van der Waals surface area contributed by atoms with Crippen LogP contribution < -0.4 is 4.90 Å². The molecule has 1 atom stereocenters. The molecule has 4 rings (SSSR count). The number of carbonyl (C=O) groups excluding carboxylic acids is 2. The topological polar surface area (TPSA) is 88.8 Å². The Morgan fingerprint density at radius 1 is 1.42 bits per heavy atom. The third-order valence-electron chi connectivity index (χ3n) is 4.77. The molecule has 0 aromatic carbocycles. The number of nitrogens with zero attached hydrogens (tertiary/aromatic N) is 4. The lowest BCUT2D eigenvalue weighted by Crippen LogP contribution is -2.62. The number of hydrogen-bond acceptors (Lipinski definition) is 8. The Labute approximate surface area is 142 Å². The molecule has 0 radical (unpaired) electrons. The lowest BCUT2D eigenvalue weighted by atomic mass is 9.71. The first-order chi connectivity index (χ1) is 11.6. The zero-order chi connectivity index (χ0) is 16.7. The highest BCUT2D eigenvalue weighted by Gasteiger charge is 2.59. The largest absolute Gasteiger partial charge is 0.469 e. The molecule has 0 aliphatic carbocycles. The van der Waals surface area contributed by atoms with E-state index in [0.717, 1.165) is 0 Å². The van der Waals surface area contributed by atoms with E-state index in [4.69, 9.17) is 9.15 Å². The van der Waals surface area contributed by atoms with Gasteiger partial charge in [-0.2, -0.15) is 0 Å². The van der Waals surface area contributed by atoms with E-state index in [2.05, 4.69) is 9.97 Å². The van der Waals surface area contributed by atoms with Crippen molar-refractivity contribution in [3.8, 4) is 0 Å². The van der Waals surface area contributed by atoms with Gasteiger partial charge in [-0.15, -0.1) is 11.3 Å². The third kappa shape index (κ3) is 2.27. The van der Waals surface area contributed by atoms with Crippen molar-refractivity contribution < 1.29 is 18.7 Å². The molecule has 0 bridgehead atoms. The van der Waals surface area contributed by atoms with E-state index in [9.17, 15) is 9.59 Å². The number of carbonyl (C=O) groups is 2. The molecule has 2 saturated heterocycles. The smallest absolute Gasteiger partial charge is 0.311 e.